The van der Waals surface area contributed by atoms with E-state index in [9.17, 15) is 0 Å². The molecule has 0 aliphatic rings. The lowest BCUT2D eigenvalue weighted by Gasteiger charge is -2.05. The Labute approximate surface area is 123 Å². The van der Waals surface area contributed by atoms with E-state index in [0.29, 0.717) is 11.4 Å². The average molecular weight is 297 g/mol. The molecule has 0 bridgehead atoms. The summed E-state index contributed by atoms with van der Waals surface area (Å²) in [5, 5.41) is 0. The molecule has 0 aliphatic heterocycles. The van der Waals surface area contributed by atoms with Crippen molar-refractivity contribution in [1.82, 2.24) is 34.9 Å². The van der Waals surface area contributed by atoms with Crippen molar-refractivity contribution < 1.29 is 0 Å². The van der Waals surface area contributed by atoms with Gasteiger partial charge in [-0.25, -0.2) is 4.98 Å². The molecule has 110 valence electrons. The van der Waals surface area contributed by atoms with E-state index in [2.05, 4.69) is 34.9 Å². The molecule has 3 aromatic rings. The summed E-state index contributed by atoms with van der Waals surface area (Å²) in [5.41, 5.74) is 23.1. The van der Waals surface area contributed by atoms with E-state index in [1.165, 1.54) is 0 Å². The minimum absolute atomic E-state index is 0.00310. The molecule has 0 radical (unpaired) electrons. The van der Waals surface area contributed by atoms with Crippen LogP contribution < -0.4 is 22.9 Å². The maximum absolute atomic E-state index is 5.55. The molecule has 11 heteroatoms. The Bertz CT molecular complexity index is 740. The van der Waals surface area contributed by atoms with E-state index in [1.54, 1.807) is 18.2 Å². The molecule has 8 N–H and O–H groups in total. The molecule has 0 aliphatic carbocycles. The van der Waals surface area contributed by atoms with Gasteiger partial charge in [-0.1, -0.05) is 6.07 Å². The molecule has 11 nitrogen and oxygen atoms in total. The second-order valence-corrected chi connectivity index (χ2v) is 4.16. The zero-order valence-electron chi connectivity index (χ0n) is 11.2. The number of rotatable bonds is 2. The number of hydrogen-bond donors (Lipinski definition) is 4. The molecular weight excluding hydrogens is 286 g/mol. The standard InChI is InChI=1S/C11H11N11/c12-8-17-6(18-9(13)21-8)4-2-1-3-5(16-4)7-19-10(14)22-11(15)20-7/h1-3H,(H4,12,13,17,18,21)(H4,14,15,19,20,22). The Morgan fingerprint density at radius 1 is 0.500 bits per heavy atom. The lowest BCUT2D eigenvalue weighted by atomic mass is 10.2. The fraction of sp³-hybridized carbons (Fsp3) is 0. The largest absolute Gasteiger partial charge is 0.368 e. The maximum atomic E-state index is 5.55. The van der Waals surface area contributed by atoms with Gasteiger partial charge in [0.05, 0.1) is 0 Å². The highest BCUT2D eigenvalue weighted by molar-refractivity contribution is 5.59. The minimum atomic E-state index is 0.00310. The number of anilines is 4. The van der Waals surface area contributed by atoms with E-state index in [4.69, 9.17) is 22.9 Å². The number of nitrogens with zero attached hydrogens (tertiary/aromatic N) is 7. The summed E-state index contributed by atoms with van der Waals surface area (Å²) >= 11 is 0. The third-order valence-corrected chi connectivity index (χ3v) is 2.55. The lowest BCUT2D eigenvalue weighted by Crippen LogP contribution is -2.06. The second-order valence-electron chi connectivity index (χ2n) is 4.16. The highest BCUT2D eigenvalue weighted by atomic mass is 15.2. The molecule has 3 aromatic heterocycles. The van der Waals surface area contributed by atoms with Crippen molar-refractivity contribution >= 4 is 23.8 Å². The van der Waals surface area contributed by atoms with Crippen molar-refractivity contribution in [3.63, 3.8) is 0 Å². The fourth-order valence-corrected chi connectivity index (χ4v) is 1.73. The molecule has 0 atom stereocenters. The summed E-state index contributed by atoms with van der Waals surface area (Å²) in [4.78, 5) is 27.7. The highest BCUT2D eigenvalue weighted by Crippen LogP contribution is 2.19. The van der Waals surface area contributed by atoms with E-state index < -0.39 is 0 Å². The molecular formula is C11H11N11. The molecule has 0 saturated carbocycles. The number of pyridine rings is 1. The van der Waals surface area contributed by atoms with Crippen LogP contribution in [-0.4, -0.2) is 34.9 Å². The van der Waals surface area contributed by atoms with E-state index >= 15 is 0 Å². The summed E-state index contributed by atoms with van der Waals surface area (Å²) in [7, 11) is 0. The molecule has 22 heavy (non-hydrogen) atoms. The highest BCUT2D eigenvalue weighted by Gasteiger charge is 2.11. The second kappa shape index (κ2) is 5.05. The molecule has 0 unspecified atom stereocenters. The topological polar surface area (TPSA) is 194 Å². The molecule has 0 fully saturated rings. The zero-order chi connectivity index (χ0) is 15.7. The number of nitrogen functional groups attached to an aromatic ring is 4. The van der Waals surface area contributed by atoms with Crippen LogP contribution in [0, 0.1) is 0 Å². The van der Waals surface area contributed by atoms with Crippen LogP contribution in [0.25, 0.3) is 23.0 Å². The van der Waals surface area contributed by atoms with Crippen LogP contribution in [0.5, 0.6) is 0 Å². The molecule has 0 amide bonds. The summed E-state index contributed by atoms with van der Waals surface area (Å²) in [5.74, 6) is 0.488. The average Bonchev–Trinajstić information content (AvgIpc) is 2.45. The van der Waals surface area contributed by atoms with Crippen molar-refractivity contribution in [2.75, 3.05) is 22.9 Å². The third kappa shape index (κ3) is 2.63. The van der Waals surface area contributed by atoms with Gasteiger partial charge in [0.15, 0.2) is 11.6 Å². The van der Waals surface area contributed by atoms with Crippen LogP contribution in [0.2, 0.25) is 0 Å². The van der Waals surface area contributed by atoms with Gasteiger partial charge in [0.2, 0.25) is 23.8 Å². The van der Waals surface area contributed by atoms with Gasteiger partial charge in [-0.15, -0.1) is 0 Å². The van der Waals surface area contributed by atoms with Gasteiger partial charge < -0.3 is 22.9 Å². The van der Waals surface area contributed by atoms with Crippen LogP contribution in [0.4, 0.5) is 23.8 Å². The van der Waals surface area contributed by atoms with Gasteiger partial charge in [-0.05, 0) is 12.1 Å². The first-order valence-electron chi connectivity index (χ1n) is 6.03. The number of hydrogen-bond acceptors (Lipinski definition) is 11. The van der Waals surface area contributed by atoms with Crippen molar-refractivity contribution in [3.05, 3.63) is 18.2 Å². The quantitative estimate of drug-likeness (QED) is 0.458. The summed E-state index contributed by atoms with van der Waals surface area (Å²) < 4.78 is 0. The van der Waals surface area contributed by atoms with E-state index in [1.807, 2.05) is 0 Å². The Morgan fingerprint density at radius 2 is 0.864 bits per heavy atom. The Balaban J connectivity index is 2.09. The fourth-order valence-electron chi connectivity index (χ4n) is 1.73. The van der Waals surface area contributed by atoms with Gasteiger partial charge in [0, 0.05) is 0 Å². The zero-order valence-corrected chi connectivity index (χ0v) is 11.2. The van der Waals surface area contributed by atoms with E-state index in [-0.39, 0.29) is 35.4 Å². The Morgan fingerprint density at radius 3 is 1.23 bits per heavy atom. The molecule has 0 aromatic carbocycles. The van der Waals surface area contributed by atoms with Crippen LogP contribution >= 0.6 is 0 Å². The maximum Gasteiger partial charge on any atom is 0.225 e. The van der Waals surface area contributed by atoms with Crippen LogP contribution in [0.1, 0.15) is 0 Å². The lowest BCUT2D eigenvalue weighted by molar-refractivity contribution is 1.05. The Hall–Kier alpha value is -3.63. The first kappa shape index (κ1) is 13.4. The minimum Gasteiger partial charge on any atom is -0.368 e. The summed E-state index contributed by atoms with van der Waals surface area (Å²) in [6, 6.07) is 5.10. The van der Waals surface area contributed by atoms with Crippen molar-refractivity contribution in [2.45, 2.75) is 0 Å². The van der Waals surface area contributed by atoms with Crippen molar-refractivity contribution in [3.8, 4) is 23.0 Å². The van der Waals surface area contributed by atoms with Crippen LogP contribution in [0.3, 0.4) is 0 Å². The van der Waals surface area contributed by atoms with Gasteiger partial charge in [0.25, 0.3) is 0 Å². The van der Waals surface area contributed by atoms with Gasteiger partial charge in [-0.2, -0.15) is 29.9 Å². The molecule has 3 heterocycles. The smallest absolute Gasteiger partial charge is 0.225 e. The number of aromatic nitrogens is 7. The molecule has 0 spiro atoms. The predicted molar refractivity (Wildman–Crippen MR) is 79.5 cm³/mol. The Kier molecular flexibility index (Phi) is 3.06. The molecule has 3 rings (SSSR count). The monoisotopic (exact) mass is 297 g/mol. The number of nitrogens with two attached hydrogens (primary N) is 4. The van der Waals surface area contributed by atoms with Gasteiger partial charge in [0.1, 0.15) is 11.4 Å². The predicted octanol–water partition coefficient (Wildman–Crippen LogP) is -0.886. The summed E-state index contributed by atoms with van der Waals surface area (Å²) in [6.07, 6.45) is 0. The molecule has 0 saturated heterocycles. The first-order chi connectivity index (χ1) is 10.5. The SMILES string of the molecule is Nc1nc(N)nc(-c2cccc(-c3nc(N)nc(N)n3)n2)n1. The van der Waals surface area contributed by atoms with Crippen molar-refractivity contribution in [1.29, 1.82) is 0 Å². The third-order valence-electron chi connectivity index (χ3n) is 2.55. The van der Waals surface area contributed by atoms with E-state index in [0.717, 1.165) is 0 Å². The summed E-state index contributed by atoms with van der Waals surface area (Å²) in [6.45, 7) is 0. The van der Waals surface area contributed by atoms with Crippen LogP contribution in [-0.2, 0) is 0 Å². The van der Waals surface area contributed by atoms with Crippen molar-refractivity contribution in [2.24, 2.45) is 0 Å². The van der Waals surface area contributed by atoms with Gasteiger partial charge in [-0.3, -0.25) is 0 Å². The van der Waals surface area contributed by atoms with Crippen LogP contribution in [0.15, 0.2) is 18.2 Å². The normalized spacial score (nSPS) is 10.5. The first-order valence-corrected chi connectivity index (χ1v) is 6.03. The van der Waals surface area contributed by atoms with Gasteiger partial charge >= 0.3 is 0 Å².